The maximum Gasteiger partial charge on any atom is 0.339 e. The zero-order chi connectivity index (χ0) is 39.4. The van der Waals surface area contributed by atoms with Gasteiger partial charge in [-0.3, -0.25) is 24.2 Å². The Morgan fingerprint density at radius 3 is 2.26 bits per heavy atom. The first-order valence-electron chi connectivity index (χ1n) is 18.4. The van der Waals surface area contributed by atoms with E-state index in [1.54, 1.807) is 19.9 Å². The molecule has 4 aliphatic carbocycles. The van der Waals surface area contributed by atoms with Gasteiger partial charge in [0.1, 0.15) is 30.5 Å². The number of aliphatic hydroxyl groups is 1. The Kier molecular flexibility index (Phi) is 10.8. The second kappa shape index (κ2) is 14.3. The SMILES string of the molecule is CC=C(C)C(=O)O[C@@H]1[C@H]2[C@@H](OC(=O)CC(C)C)[C@@H](C)C[C@]2(O)C(=O)[C@@](C)(OC(C)=O)[C@@H]2[C@@H]3[C@H](C[C@@H](OC(C)=O)[C@@]12COC(=O)c1cccnc1)C3(C)C. The van der Waals surface area contributed by atoms with E-state index < -0.39 is 106 Å². The van der Waals surface area contributed by atoms with E-state index in [1.165, 1.54) is 45.3 Å². The highest BCUT2D eigenvalue weighted by atomic mass is 16.6. The number of ketones is 1. The molecule has 0 unspecified atom stereocenters. The van der Waals surface area contributed by atoms with Crippen LogP contribution in [0.15, 0.2) is 36.2 Å². The van der Waals surface area contributed by atoms with Gasteiger partial charge in [-0.25, -0.2) is 9.59 Å². The van der Waals surface area contributed by atoms with Crippen LogP contribution in [0.2, 0.25) is 0 Å². The van der Waals surface area contributed by atoms with Crippen LogP contribution in [0.25, 0.3) is 0 Å². The lowest BCUT2D eigenvalue weighted by Gasteiger charge is -2.55. The molecule has 0 aromatic carbocycles. The Morgan fingerprint density at radius 1 is 1.02 bits per heavy atom. The van der Waals surface area contributed by atoms with Crippen LogP contribution in [0, 0.1) is 46.3 Å². The van der Waals surface area contributed by atoms with Gasteiger partial charge in [-0.1, -0.05) is 40.7 Å². The Bertz CT molecular complexity index is 1690. The van der Waals surface area contributed by atoms with Gasteiger partial charge in [-0.05, 0) is 74.8 Å². The summed E-state index contributed by atoms with van der Waals surface area (Å²) >= 11 is 0. The third-order valence-electron chi connectivity index (χ3n) is 12.4. The number of allylic oxidation sites excluding steroid dienone is 1. The molecule has 4 aliphatic rings. The van der Waals surface area contributed by atoms with Gasteiger partial charge in [0.15, 0.2) is 5.60 Å². The van der Waals surface area contributed by atoms with Crippen molar-refractivity contribution < 1.29 is 57.6 Å². The van der Waals surface area contributed by atoms with Gasteiger partial charge in [0.2, 0.25) is 5.78 Å². The number of ether oxygens (including phenoxy) is 5. The summed E-state index contributed by atoms with van der Waals surface area (Å²) in [5.41, 5.74) is -6.62. The Morgan fingerprint density at radius 2 is 1.70 bits per heavy atom. The number of rotatable bonds is 10. The van der Waals surface area contributed by atoms with Crippen molar-refractivity contribution >= 4 is 35.6 Å². The van der Waals surface area contributed by atoms with E-state index >= 15 is 4.79 Å². The number of hydrogen-bond acceptors (Lipinski definition) is 13. The van der Waals surface area contributed by atoms with Gasteiger partial charge < -0.3 is 28.8 Å². The zero-order valence-corrected chi connectivity index (χ0v) is 32.3. The molecule has 1 heterocycles. The highest BCUT2D eigenvalue weighted by molar-refractivity contribution is 5.98. The highest BCUT2D eigenvalue weighted by Gasteiger charge is 2.84. The molecule has 0 spiro atoms. The van der Waals surface area contributed by atoms with E-state index in [0.717, 1.165) is 6.92 Å². The number of fused-ring (bicyclic) bond motifs is 4. The third-order valence-corrected chi connectivity index (χ3v) is 12.4. The van der Waals surface area contributed by atoms with E-state index in [9.17, 15) is 29.1 Å². The van der Waals surface area contributed by atoms with Crippen LogP contribution in [0.4, 0.5) is 0 Å². The normalized spacial score (nSPS) is 36.9. The molecule has 0 amide bonds. The first-order valence-corrected chi connectivity index (χ1v) is 18.4. The number of aromatic nitrogens is 1. The topological polar surface area (TPSA) is 182 Å². The summed E-state index contributed by atoms with van der Waals surface area (Å²) in [6, 6.07) is 3.06. The lowest BCUT2D eigenvalue weighted by molar-refractivity contribution is -0.235. The highest BCUT2D eigenvalue weighted by Crippen LogP contribution is 2.76. The van der Waals surface area contributed by atoms with Crippen molar-refractivity contribution in [2.75, 3.05) is 6.61 Å². The smallest absolute Gasteiger partial charge is 0.339 e. The largest absolute Gasteiger partial charge is 0.462 e. The first-order chi connectivity index (χ1) is 24.7. The second-order valence-corrected chi connectivity index (χ2v) is 16.7. The van der Waals surface area contributed by atoms with Crippen molar-refractivity contribution in [1.29, 1.82) is 0 Å². The molecule has 290 valence electrons. The van der Waals surface area contributed by atoms with Gasteiger partial charge in [-0.15, -0.1) is 0 Å². The molecule has 1 aromatic rings. The number of carbonyl (C=O) groups is 6. The van der Waals surface area contributed by atoms with E-state index in [2.05, 4.69) is 4.98 Å². The lowest BCUT2D eigenvalue weighted by atomic mass is 9.55. The maximum absolute atomic E-state index is 15.4. The number of hydrogen-bond donors (Lipinski definition) is 1. The minimum absolute atomic E-state index is 0.0279. The molecule has 53 heavy (non-hydrogen) atoms. The van der Waals surface area contributed by atoms with Crippen molar-refractivity contribution in [3.05, 3.63) is 41.7 Å². The van der Waals surface area contributed by atoms with Crippen LogP contribution in [0.1, 0.15) is 98.9 Å². The molecule has 4 saturated carbocycles. The van der Waals surface area contributed by atoms with Crippen molar-refractivity contribution in [3.8, 4) is 0 Å². The van der Waals surface area contributed by atoms with Crippen molar-refractivity contribution in [2.24, 2.45) is 46.3 Å². The molecule has 0 radical (unpaired) electrons. The quantitative estimate of drug-likeness (QED) is 0.200. The fourth-order valence-corrected chi connectivity index (χ4v) is 10.1. The van der Waals surface area contributed by atoms with Gasteiger partial charge >= 0.3 is 29.8 Å². The molecular formula is C40H53NO12. The van der Waals surface area contributed by atoms with E-state index in [1.807, 2.05) is 27.7 Å². The van der Waals surface area contributed by atoms with Crippen LogP contribution in [0.3, 0.4) is 0 Å². The van der Waals surface area contributed by atoms with E-state index in [-0.39, 0.29) is 42.2 Å². The van der Waals surface area contributed by atoms with Crippen LogP contribution in [-0.4, -0.2) is 81.8 Å². The van der Waals surface area contributed by atoms with E-state index in [0.29, 0.717) is 0 Å². The molecule has 1 aromatic heterocycles. The molecule has 5 rings (SSSR count). The fraction of sp³-hybridized carbons (Fsp3) is 0.675. The number of pyridine rings is 1. The Labute approximate surface area is 310 Å². The molecule has 0 bridgehead atoms. The average molecular weight is 740 g/mol. The van der Waals surface area contributed by atoms with Gasteiger partial charge in [0, 0.05) is 44.2 Å². The molecule has 13 nitrogen and oxygen atoms in total. The molecule has 1 N–H and O–H groups in total. The predicted molar refractivity (Wildman–Crippen MR) is 187 cm³/mol. The van der Waals surface area contributed by atoms with Gasteiger partial charge in [0.25, 0.3) is 0 Å². The van der Waals surface area contributed by atoms with Crippen LogP contribution in [-0.2, 0) is 47.7 Å². The van der Waals surface area contributed by atoms with Gasteiger partial charge in [0.05, 0.1) is 16.9 Å². The number of carbonyl (C=O) groups excluding carboxylic acids is 6. The molecule has 4 fully saturated rings. The predicted octanol–water partition coefficient (Wildman–Crippen LogP) is 4.58. The Hall–Kier alpha value is -4.13. The third kappa shape index (κ3) is 6.78. The maximum atomic E-state index is 15.4. The van der Waals surface area contributed by atoms with Crippen molar-refractivity contribution in [1.82, 2.24) is 4.98 Å². The summed E-state index contributed by atoms with van der Waals surface area (Å²) in [5.74, 6) is -8.58. The van der Waals surface area contributed by atoms with Crippen LogP contribution < -0.4 is 0 Å². The fourth-order valence-electron chi connectivity index (χ4n) is 10.1. The summed E-state index contributed by atoms with van der Waals surface area (Å²) in [4.78, 5) is 86.9. The van der Waals surface area contributed by atoms with Crippen LogP contribution >= 0.6 is 0 Å². The van der Waals surface area contributed by atoms with E-state index in [4.69, 9.17) is 23.7 Å². The zero-order valence-electron chi connectivity index (χ0n) is 32.3. The first kappa shape index (κ1) is 40.1. The monoisotopic (exact) mass is 739 g/mol. The van der Waals surface area contributed by atoms with Crippen molar-refractivity contribution in [2.45, 2.75) is 118 Å². The molecule has 13 heteroatoms. The number of nitrogens with zero attached hydrogens (tertiary/aromatic N) is 1. The summed E-state index contributed by atoms with van der Waals surface area (Å²) in [7, 11) is 0. The standard InChI is InChI=1S/C40H53NO12/c1-11-21(4)34(45)52-33-30-31(51-28(44)15-20(2)3)22(5)17-40(30,48)36(47)38(10,53-24(7)43)32-29-26(37(29,8)9)16-27(50-23(6)42)39(32,33)19-49-35(46)25-13-12-14-41-18-25/h11-14,18,20,22,26-27,29-33,48H,15-17,19H2,1-10H3/t22-,26-,27+,29-,30+,31-,32-,33+,38-,39+,40+/m0/s1. The molecule has 0 aliphatic heterocycles. The molecule has 0 saturated heterocycles. The summed E-state index contributed by atoms with van der Waals surface area (Å²) in [6.07, 6.45) is 0.340. The summed E-state index contributed by atoms with van der Waals surface area (Å²) in [5, 5.41) is 13.0. The minimum atomic E-state index is -2.39. The van der Waals surface area contributed by atoms with Crippen molar-refractivity contribution in [3.63, 3.8) is 0 Å². The van der Waals surface area contributed by atoms with Crippen LogP contribution in [0.5, 0.6) is 0 Å². The number of esters is 5. The summed E-state index contributed by atoms with van der Waals surface area (Å²) in [6.45, 7) is 15.7. The summed E-state index contributed by atoms with van der Waals surface area (Å²) < 4.78 is 31.0. The lowest BCUT2D eigenvalue weighted by Crippen LogP contribution is -2.66. The molecular weight excluding hydrogens is 686 g/mol. The Balaban J connectivity index is 1.88. The van der Waals surface area contributed by atoms with Gasteiger partial charge in [-0.2, -0.15) is 0 Å². The second-order valence-electron chi connectivity index (χ2n) is 16.7. The number of Topliss-reactive ketones (excluding diaryl/α,β-unsaturated/α-hetero) is 1. The average Bonchev–Trinajstić information content (AvgIpc) is 3.52. The molecule has 11 atom stereocenters. The minimum Gasteiger partial charge on any atom is -0.462 e.